The summed E-state index contributed by atoms with van der Waals surface area (Å²) in [4.78, 5) is 24.5. The molecule has 1 aromatic heterocycles. The van der Waals surface area contributed by atoms with Crippen LogP contribution in [-0.4, -0.2) is 31.2 Å². The quantitative estimate of drug-likeness (QED) is 0.165. The molecule has 0 aliphatic carbocycles. The molecule has 3 rings (SSSR count). The monoisotopic (exact) mass is 519 g/mol. The predicted molar refractivity (Wildman–Crippen MR) is 137 cm³/mol. The van der Waals surface area contributed by atoms with Gasteiger partial charge in [0.2, 0.25) is 5.91 Å². The second-order valence-corrected chi connectivity index (χ2v) is 10.0. The van der Waals surface area contributed by atoms with Crippen molar-refractivity contribution in [2.45, 2.75) is 32.2 Å². The third-order valence-corrected chi connectivity index (χ3v) is 7.11. The second kappa shape index (κ2) is 12.5. The van der Waals surface area contributed by atoms with E-state index in [9.17, 15) is 14.2 Å². The van der Waals surface area contributed by atoms with Crippen LogP contribution in [0.5, 0.6) is 5.75 Å². The minimum absolute atomic E-state index is 0.0965. The Morgan fingerprint density at radius 3 is 2.71 bits per heavy atom. The summed E-state index contributed by atoms with van der Waals surface area (Å²) in [6, 6.07) is 12.2. The summed E-state index contributed by atoms with van der Waals surface area (Å²) in [6.45, 7) is 7.44. The number of rotatable bonds is 12. The molecule has 0 radical (unpaired) electrons. The number of anilines is 1. The molecule has 3 aromatic rings. The molecule has 0 fully saturated rings. The minimum atomic E-state index is -3.22. The number of alkyl halides is 1. The highest BCUT2D eigenvalue weighted by Gasteiger charge is 2.23. The third kappa shape index (κ3) is 6.93. The smallest absolute Gasteiger partial charge is 0.348 e. The van der Waals surface area contributed by atoms with Crippen molar-refractivity contribution in [1.29, 1.82) is 0 Å². The van der Waals surface area contributed by atoms with E-state index in [4.69, 9.17) is 14.0 Å². The van der Waals surface area contributed by atoms with Crippen LogP contribution in [0, 0.1) is 0 Å². The van der Waals surface area contributed by atoms with Crippen LogP contribution in [0.1, 0.15) is 41.4 Å². The van der Waals surface area contributed by atoms with E-state index in [0.29, 0.717) is 29.0 Å². The van der Waals surface area contributed by atoms with Crippen LogP contribution in [0.4, 0.5) is 10.1 Å². The largest absolute Gasteiger partial charge is 0.464 e. The van der Waals surface area contributed by atoms with Gasteiger partial charge in [0.15, 0.2) is 0 Å². The Kier molecular flexibility index (Phi) is 9.46. The maximum Gasteiger partial charge on any atom is 0.348 e. The standard InChI is InChI=1S/C25H27FNO6PS/c1-4-12-31-24(28)16(3)27-19-8-6-7-9-20(19)33-34(30)23(26)17-10-11-21-18(14-17)15-22(35-21)25(29)32-13-5-2/h5-11,14-16,23,27,34H,2,4,12-13H2,1,3H3/t16?,23-/m0/s1. The fraction of sp³-hybridized carbons (Fsp3) is 0.280. The number of thiophene rings is 1. The number of halogens is 1. The molecule has 0 aliphatic heterocycles. The molecule has 1 heterocycles. The van der Waals surface area contributed by atoms with Crippen LogP contribution in [-0.2, 0) is 18.8 Å². The Balaban J connectivity index is 1.72. The lowest BCUT2D eigenvalue weighted by atomic mass is 10.2. The van der Waals surface area contributed by atoms with Gasteiger partial charge in [0.1, 0.15) is 23.3 Å². The van der Waals surface area contributed by atoms with Crippen LogP contribution in [0.3, 0.4) is 0 Å². The van der Waals surface area contributed by atoms with Gasteiger partial charge in [0.25, 0.3) is 8.03 Å². The van der Waals surface area contributed by atoms with E-state index in [2.05, 4.69) is 11.9 Å². The first-order valence-corrected chi connectivity index (χ1v) is 13.2. The first kappa shape index (κ1) is 26.4. The van der Waals surface area contributed by atoms with Crippen molar-refractivity contribution >= 4 is 47.1 Å². The molecule has 1 N–H and O–H groups in total. The third-order valence-electron chi connectivity index (χ3n) is 4.85. The molecule has 0 saturated heterocycles. The van der Waals surface area contributed by atoms with Gasteiger partial charge in [-0.2, -0.15) is 0 Å². The Morgan fingerprint density at radius 1 is 1.20 bits per heavy atom. The molecule has 0 aliphatic rings. The van der Waals surface area contributed by atoms with Gasteiger partial charge < -0.3 is 19.3 Å². The molecule has 186 valence electrons. The molecular formula is C25H27FNO6PS. The average molecular weight is 520 g/mol. The molecule has 3 atom stereocenters. The van der Waals surface area contributed by atoms with E-state index >= 15 is 4.39 Å². The van der Waals surface area contributed by atoms with Gasteiger partial charge in [0, 0.05) is 4.70 Å². The minimum Gasteiger partial charge on any atom is -0.464 e. The summed E-state index contributed by atoms with van der Waals surface area (Å²) in [5, 5.41) is 3.60. The van der Waals surface area contributed by atoms with Crippen molar-refractivity contribution in [3.63, 3.8) is 0 Å². The molecule has 7 nitrogen and oxygen atoms in total. The number of carbonyl (C=O) groups excluding carboxylic acids is 2. The zero-order valence-electron chi connectivity index (χ0n) is 19.4. The fourth-order valence-corrected chi connectivity index (χ4v) is 5.00. The first-order valence-electron chi connectivity index (χ1n) is 11.0. The SMILES string of the molecule is C=CCOC(=O)c1cc2cc([C@@H](F)[PH](=O)Oc3ccccc3NC(C)C(=O)OCCC)ccc2s1. The van der Waals surface area contributed by atoms with Crippen LogP contribution in [0.25, 0.3) is 10.1 Å². The number of nitrogens with one attached hydrogen (secondary N) is 1. The van der Waals surface area contributed by atoms with Gasteiger partial charge in [-0.05, 0) is 54.6 Å². The van der Waals surface area contributed by atoms with E-state index in [1.165, 1.54) is 23.5 Å². The highest BCUT2D eigenvalue weighted by molar-refractivity contribution is 7.39. The van der Waals surface area contributed by atoms with E-state index in [1.807, 2.05) is 6.92 Å². The Labute approximate surface area is 207 Å². The zero-order chi connectivity index (χ0) is 25.4. The molecule has 2 aromatic carbocycles. The van der Waals surface area contributed by atoms with Gasteiger partial charge in [-0.3, -0.25) is 4.57 Å². The number of para-hydroxylation sites is 2. The maximum absolute atomic E-state index is 15.1. The second-order valence-electron chi connectivity index (χ2n) is 7.61. The Morgan fingerprint density at radius 2 is 1.97 bits per heavy atom. The fourth-order valence-electron chi connectivity index (χ4n) is 3.12. The van der Waals surface area contributed by atoms with E-state index in [0.717, 1.165) is 4.70 Å². The molecule has 2 unspecified atom stereocenters. The van der Waals surface area contributed by atoms with Crippen molar-refractivity contribution in [3.05, 3.63) is 71.6 Å². The number of ether oxygens (including phenoxy) is 2. The molecular weight excluding hydrogens is 492 g/mol. The van der Waals surface area contributed by atoms with Gasteiger partial charge in [0.05, 0.1) is 12.3 Å². The summed E-state index contributed by atoms with van der Waals surface area (Å²) < 4.78 is 44.4. The summed E-state index contributed by atoms with van der Waals surface area (Å²) in [5.74, 6) is -2.63. The molecule has 0 spiro atoms. The van der Waals surface area contributed by atoms with Crippen molar-refractivity contribution in [2.24, 2.45) is 0 Å². The lowest BCUT2D eigenvalue weighted by molar-refractivity contribution is -0.144. The summed E-state index contributed by atoms with van der Waals surface area (Å²) in [7, 11) is -3.22. The zero-order valence-corrected chi connectivity index (χ0v) is 21.2. The van der Waals surface area contributed by atoms with E-state index in [1.54, 1.807) is 49.4 Å². The molecule has 0 bridgehead atoms. The average Bonchev–Trinajstić information content (AvgIpc) is 3.30. The molecule has 35 heavy (non-hydrogen) atoms. The van der Waals surface area contributed by atoms with Crippen LogP contribution in [0.15, 0.2) is 61.2 Å². The number of esters is 2. The topological polar surface area (TPSA) is 90.9 Å². The Bertz CT molecular complexity index is 1230. The van der Waals surface area contributed by atoms with Gasteiger partial charge >= 0.3 is 11.9 Å². The number of hydrogen-bond donors (Lipinski definition) is 1. The molecule has 10 heteroatoms. The predicted octanol–water partition coefficient (Wildman–Crippen LogP) is 6.52. The van der Waals surface area contributed by atoms with E-state index in [-0.39, 0.29) is 17.9 Å². The van der Waals surface area contributed by atoms with Crippen LogP contribution < -0.4 is 9.84 Å². The van der Waals surface area contributed by atoms with E-state index < -0.39 is 31.9 Å². The lowest BCUT2D eigenvalue weighted by Gasteiger charge is -2.18. The molecule has 0 amide bonds. The lowest BCUT2D eigenvalue weighted by Crippen LogP contribution is -2.28. The Hall–Kier alpha value is -3.16. The number of benzene rings is 2. The van der Waals surface area contributed by atoms with Crippen molar-refractivity contribution in [2.75, 3.05) is 18.5 Å². The van der Waals surface area contributed by atoms with Gasteiger partial charge in [-0.25, -0.2) is 14.0 Å². The summed E-state index contributed by atoms with van der Waals surface area (Å²) in [6.07, 6.45) is 2.18. The summed E-state index contributed by atoms with van der Waals surface area (Å²) >= 11 is 1.22. The summed E-state index contributed by atoms with van der Waals surface area (Å²) in [5.41, 5.74) is 0.571. The first-order chi connectivity index (χ1) is 16.8. The highest BCUT2D eigenvalue weighted by Crippen LogP contribution is 2.46. The van der Waals surface area contributed by atoms with Crippen molar-refractivity contribution in [3.8, 4) is 5.75 Å². The number of fused-ring (bicyclic) bond motifs is 1. The number of hydrogen-bond acceptors (Lipinski definition) is 8. The van der Waals surface area contributed by atoms with Gasteiger partial charge in [-0.1, -0.05) is 37.8 Å². The van der Waals surface area contributed by atoms with Crippen LogP contribution in [0.2, 0.25) is 0 Å². The van der Waals surface area contributed by atoms with Crippen LogP contribution >= 0.6 is 19.4 Å². The number of carbonyl (C=O) groups is 2. The maximum atomic E-state index is 15.1. The van der Waals surface area contributed by atoms with Crippen molar-refractivity contribution in [1.82, 2.24) is 0 Å². The highest BCUT2D eigenvalue weighted by atomic mass is 32.1. The van der Waals surface area contributed by atoms with Gasteiger partial charge in [-0.15, -0.1) is 11.3 Å². The molecule has 0 saturated carbocycles. The van der Waals surface area contributed by atoms with Crippen molar-refractivity contribution < 1.29 is 32.5 Å². The normalized spacial score (nSPS) is 13.5.